The van der Waals surface area contributed by atoms with Gasteiger partial charge in [-0.3, -0.25) is 14.8 Å². The molecular weight excluding hydrogens is 434 g/mol. The number of fused-ring (bicyclic) bond motifs is 1. The number of hydrogen-bond donors (Lipinski definition) is 3. The molecule has 0 bridgehead atoms. The molecule has 0 aliphatic carbocycles. The summed E-state index contributed by atoms with van der Waals surface area (Å²) in [5.41, 5.74) is 3.78. The lowest BCUT2D eigenvalue weighted by atomic mass is 9.94. The van der Waals surface area contributed by atoms with Crippen LogP contribution in [0.1, 0.15) is 35.1 Å². The maximum absolute atomic E-state index is 14.2. The van der Waals surface area contributed by atoms with E-state index >= 15 is 0 Å². The maximum atomic E-state index is 14.2. The molecular formula is C23H24F2N4O4. The van der Waals surface area contributed by atoms with Crippen LogP contribution in [0.15, 0.2) is 48.5 Å². The highest BCUT2D eigenvalue weighted by molar-refractivity contribution is 5.95. The molecule has 0 radical (unpaired) electrons. The number of aromatic nitrogens is 2. The van der Waals surface area contributed by atoms with Crippen LogP contribution in [0.4, 0.5) is 8.78 Å². The number of benzene rings is 2. The first-order chi connectivity index (χ1) is 15.8. The van der Waals surface area contributed by atoms with Crippen LogP contribution in [-0.4, -0.2) is 45.8 Å². The Hall–Kier alpha value is -3.37. The van der Waals surface area contributed by atoms with Crippen molar-refractivity contribution in [1.29, 1.82) is 0 Å². The van der Waals surface area contributed by atoms with E-state index in [0.29, 0.717) is 29.6 Å². The highest BCUT2D eigenvalue weighted by Crippen LogP contribution is 2.30. The van der Waals surface area contributed by atoms with Gasteiger partial charge in [0.05, 0.1) is 23.6 Å². The second kappa shape index (κ2) is 9.24. The van der Waals surface area contributed by atoms with Gasteiger partial charge in [-0.05, 0) is 36.2 Å². The van der Waals surface area contributed by atoms with Crippen LogP contribution in [0, 0.1) is 5.92 Å². The first-order valence-electron chi connectivity index (χ1n) is 10.5. The van der Waals surface area contributed by atoms with Gasteiger partial charge in [0.15, 0.2) is 5.82 Å². The highest BCUT2D eigenvalue weighted by atomic mass is 19.3. The van der Waals surface area contributed by atoms with Crippen LogP contribution >= 0.6 is 0 Å². The molecule has 2 amide bonds. The number of ether oxygens (including phenoxy) is 1. The molecule has 0 saturated carbocycles. The fourth-order valence-corrected chi connectivity index (χ4v) is 4.02. The van der Waals surface area contributed by atoms with Crippen molar-refractivity contribution in [2.75, 3.05) is 13.2 Å². The molecule has 8 nitrogen and oxygen atoms in total. The Morgan fingerprint density at radius 2 is 1.94 bits per heavy atom. The Labute approximate surface area is 188 Å². The Balaban J connectivity index is 1.51. The molecule has 174 valence electrons. The number of carbonyl (C=O) groups excluding carboxylic acids is 2. The SMILES string of the molecule is CC(F)(F)c1nc2ccccc2n1Cc1ccc(C(=O)N[C@@H]2CCOC[C@@H]2C(=O)NO)cc1. The van der Waals surface area contributed by atoms with Crippen LogP contribution in [0.3, 0.4) is 0 Å². The zero-order valence-electron chi connectivity index (χ0n) is 17.9. The van der Waals surface area contributed by atoms with Crippen LogP contribution in [-0.2, 0) is 22.0 Å². The van der Waals surface area contributed by atoms with E-state index in [4.69, 9.17) is 9.94 Å². The monoisotopic (exact) mass is 458 g/mol. The average Bonchev–Trinajstić information content (AvgIpc) is 3.18. The lowest BCUT2D eigenvalue weighted by Gasteiger charge is -2.30. The van der Waals surface area contributed by atoms with Crippen molar-refractivity contribution in [2.24, 2.45) is 5.92 Å². The van der Waals surface area contributed by atoms with Crippen molar-refractivity contribution < 1.29 is 28.3 Å². The third kappa shape index (κ3) is 4.86. The smallest absolute Gasteiger partial charge is 0.302 e. The molecule has 2 heterocycles. The van der Waals surface area contributed by atoms with Crippen molar-refractivity contribution in [3.05, 3.63) is 65.5 Å². The highest BCUT2D eigenvalue weighted by Gasteiger charge is 2.33. The number of para-hydroxylation sites is 2. The van der Waals surface area contributed by atoms with E-state index in [0.717, 1.165) is 12.5 Å². The number of amides is 2. The van der Waals surface area contributed by atoms with Gasteiger partial charge < -0.3 is 14.6 Å². The van der Waals surface area contributed by atoms with E-state index in [1.807, 2.05) is 0 Å². The minimum atomic E-state index is -3.11. The topological polar surface area (TPSA) is 105 Å². The van der Waals surface area contributed by atoms with E-state index < -0.39 is 23.8 Å². The summed E-state index contributed by atoms with van der Waals surface area (Å²) in [5.74, 6) is -5.13. The molecule has 1 aromatic heterocycles. The number of nitrogens with zero attached hydrogens (tertiary/aromatic N) is 2. The fraction of sp³-hybridized carbons (Fsp3) is 0.348. The molecule has 1 aliphatic rings. The number of rotatable bonds is 6. The quantitative estimate of drug-likeness (QED) is 0.389. The van der Waals surface area contributed by atoms with Gasteiger partial charge in [0.1, 0.15) is 0 Å². The molecule has 1 fully saturated rings. The van der Waals surface area contributed by atoms with E-state index in [1.54, 1.807) is 54.0 Å². The van der Waals surface area contributed by atoms with Gasteiger partial charge in [-0.2, -0.15) is 8.78 Å². The summed E-state index contributed by atoms with van der Waals surface area (Å²) < 4.78 is 35.1. The lowest BCUT2D eigenvalue weighted by Crippen LogP contribution is -2.51. The van der Waals surface area contributed by atoms with Gasteiger partial charge in [0.2, 0.25) is 0 Å². The summed E-state index contributed by atoms with van der Waals surface area (Å²) >= 11 is 0. The number of imidazole rings is 1. The van der Waals surface area contributed by atoms with Gasteiger partial charge in [0, 0.05) is 31.7 Å². The standard InChI is InChI=1S/C23H24F2N4O4/c1-23(24,25)22-27-18-4-2-3-5-19(18)29(22)12-14-6-8-15(9-7-14)20(30)26-17-10-11-33-13-16(17)21(31)28-32/h2-9,16-17,32H,10-13H2,1H3,(H,26,30)(H,28,31)/t16-,17+/m0/s1. The van der Waals surface area contributed by atoms with Crippen LogP contribution < -0.4 is 10.8 Å². The van der Waals surface area contributed by atoms with E-state index in [1.165, 1.54) is 4.57 Å². The molecule has 2 aromatic carbocycles. The summed E-state index contributed by atoms with van der Waals surface area (Å²) in [5, 5.41) is 11.7. The van der Waals surface area contributed by atoms with Crippen molar-refractivity contribution in [2.45, 2.75) is 31.9 Å². The number of halogens is 2. The van der Waals surface area contributed by atoms with E-state index in [-0.39, 0.29) is 24.9 Å². The second-order valence-electron chi connectivity index (χ2n) is 8.12. The molecule has 0 unspecified atom stereocenters. The second-order valence-corrected chi connectivity index (χ2v) is 8.12. The summed E-state index contributed by atoms with van der Waals surface area (Å²) in [7, 11) is 0. The molecule has 4 rings (SSSR count). The molecule has 33 heavy (non-hydrogen) atoms. The van der Waals surface area contributed by atoms with E-state index in [2.05, 4.69) is 10.3 Å². The van der Waals surface area contributed by atoms with Crippen LogP contribution in [0.2, 0.25) is 0 Å². The third-order valence-corrected chi connectivity index (χ3v) is 5.72. The van der Waals surface area contributed by atoms with Gasteiger partial charge in [-0.25, -0.2) is 10.5 Å². The first-order valence-corrected chi connectivity index (χ1v) is 10.5. The van der Waals surface area contributed by atoms with Gasteiger partial charge >= 0.3 is 5.92 Å². The zero-order chi connectivity index (χ0) is 23.6. The number of nitrogens with one attached hydrogen (secondary N) is 2. The normalized spacial score (nSPS) is 18.8. The minimum absolute atomic E-state index is 0.0968. The number of carbonyl (C=O) groups is 2. The molecule has 0 spiro atoms. The van der Waals surface area contributed by atoms with Gasteiger partial charge in [-0.15, -0.1) is 0 Å². The molecule has 10 heteroatoms. The largest absolute Gasteiger partial charge is 0.380 e. The number of hydroxylamine groups is 1. The zero-order valence-corrected chi connectivity index (χ0v) is 17.9. The maximum Gasteiger partial charge on any atom is 0.302 e. The number of alkyl halides is 2. The Bertz CT molecular complexity index is 1160. The third-order valence-electron chi connectivity index (χ3n) is 5.72. The van der Waals surface area contributed by atoms with Crippen LogP contribution in [0.5, 0.6) is 0 Å². The van der Waals surface area contributed by atoms with Crippen LogP contribution in [0.25, 0.3) is 11.0 Å². The summed E-state index contributed by atoms with van der Waals surface area (Å²) in [6.45, 7) is 1.47. The van der Waals surface area contributed by atoms with Gasteiger partial charge in [-0.1, -0.05) is 24.3 Å². The lowest BCUT2D eigenvalue weighted by molar-refractivity contribution is -0.138. The molecule has 3 aromatic rings. The van der Waals surface area contributed by atoms with Crippen molar-refractivity contribution in [1.82, 2.24) is 20.3 Å². The molecule has 2 atom stereocenters. The Morgan fingerprint density at radius 1 is 1.21 bits per heavy atom. The predicted molar refractivity (Wildman–Crippen MR) is 115 cm³/mol. The number of hydrogen-bond acceptors (Lipinski definition) is 5. The summed E-state index contributed by atoms with van der Waals surface area (Å²) in [4.78, 5) is 28.6. The molecule has 1 saturated heterocycles. The summed E-state index contributed by atoms with van der Waals surface area (Å²) in [6.07, 6.45) is 0.434. The van der Waals surface area contributed by atoms with E-state index in [9.17, 15) is 18.4 Å². The first kappa shape index (κ1) is 22.8. The Morgan fingerprint density at radius 3 is 2.64 bits per heavy atom. The van der Waals surface area contributed by atoms with Crippen molar-refractivity contribution in [3.63, 3.8) is 0 Å². The average molecular weight is 458 g/mol. The summed E-state index contributed by atoms with van der Waals surface area (Å²) in [6, 6.07) is 13.1. The Kier molecular flexibility index (Phi) is 6.39. The fourth-order valence-electron chi connectivity index (χ4n) is 4.02. The molecule has 3 N–H and O–H groups in total. The predicted octanol–water partition coefficient (Wildman–Crippen LogP) is 2.84. The van der Waals surface area contributed by atoms with Crippen molar-refractivity contribution >= 4 is 22.8 Å². The van der Waals surface area contributed by atoms with Gasteiger partial charge in [0.25, 0.3) is 11.8 Å². The van der Waals surface area contributed by atoms with Crippen molar-refractivity contribution in [3.8, 4) is 0 Å². The molecule has 1 aliphatic heterocycles. The minimum Gasteiger partial charge on any atom is -0.380 e.